The third kappa shape index (κ3) is 2.72. The van der Waals surface area contributed by atoms with Gasteiger partial charge in [-0.3, -0.25) is 9.89 Å². The van der Waals surface area contributed by atoms with Gasteiger partial charge in [0.05, 0.1) is 6.20 Å². The number of hydrogen-bond donors (Lipinski definition) is 2. The monoisotopic (exact) mass is 229 g/mol. The summed E-state index contributed by atoms with van der Waals surface area (Å²) >= 11 is 0. The normalized spacial score (nSPS) is 10.2. The molecule has 0 aliphatic carbocycles. The Balaban J connectivity index is 1.99. The molecule has 0 saturated carbocycles. The molecule has 1 aromatic carbocycles. The highest BCUT2D eigenvalue weighted by Crippen LogP contribution is 2.05. The third-order valence-corrected chi connectivity index (χ3v) is 2.59. The molecule has 0 bridgehead atoms. The number of aryl methyl sites for hydroxylation is 2. The van der Waals surface area contributed by atoms with Crippen LogP contribution < -0.4 is 5.32 Å². The molecule has 2 N–H and O–H groups in total. The molecule has 0 fully saturated rings. The Hall–Kier alpha value is -2.10. The first kappa shape index (κ1) is 11.4. The van der Waals surface area contributed by atoms with E-state index in [0.717, 1.165) is 11.1 Å². The molecule has 0 spiro atoms. The van der Waals surface area contributed by atoms with E-state index in [1.165, 1.54) is 5.56 Å². The van der Waals surface area contributed by atoms with E-state index in [1.54, 1.807) is 6.20 Å². The fraction of sp³-hybridized carbons (Fsp3) is 0.231. The number of amides is 1. The molecular weight excluding hydrogens is 214 g/mol. The zero-order valence-electron chi connectivity index (χ0n) is 9.95. The lowest BCUT2D eigenvalue weighted by Crippen LogP contribution is -2.23. The van der Waals surface area contributed by atoms with Crippen LogP contribution >= 0.6 is 0 Å². The second-order valence-corrected chi connectivity index (χ2v) is 4.10. The van der Waals surface area contributed by atoms with Crippen LogP contribution in [0.2, 0.25) is 0 Å². The topological polar surface area (TPSA) is 57.8 Å². The molecule has 4 nitrogen and oxygen atoms in total. The van der Waals surface area contributed by atoms with Crippen molar-refractivity contribution in [1.29, 1.82) is 0 Å². The minimum atomic E-state index is -0.124. The maximum atomic E-state index is 11.8. The van der Waals surface area contributed by atoms with E-state index < -0.39 is 0 Å². The fourth-order valence-corrected chi connectivity index (χ4v) is 1.67. The minimum absolute atomic E-state index is 0.124. The molecule has 2 rings (SSSR count). The van der Waals surface area contributed by atoms with E-state index in [0.29, 0.717) is 12.2 Å². The predicted octanol–water partition coefficient (Wildman–Crippen LogP) is 1.96. The first-order chi connectivity index (χ1) is 8.16. The van der Waals surface area contributed by atoms with Crippen molar-refractivity contribution in [2.45, 2.75) is 20.4 Å². The van der Waals surface area contributed by atoms with E-state index >= 15 is 0 Å². The molecule has 2 aromatic rings. The lowest BCUT2D eigenvalue weighted by molar-refractivity contribution is 0.0945. The van der Waals surface area contributed by atoms with Crippen molar-refractivity contribution in [2.75, 3.05) is 0 Å². The summed E-state index contributed by atoms with van der Waals surface area (Å²) in [7, 11) is 0. The molecule has 0 radical (unpaired) electrons. The van der Waals surface area contributed by atoms with Crippen molar-refractivity contribution >= 4 is 5.91 Å². The lowest BCUT2D eigenvalue weighted by atomic mass is 10.1. The van der Waals surface area contributed by atoms with Crippen LogP contribution in [0.15, 0.2) is 30.5 Å². The van der Waals surface area contributed by atoms with Crippen molar-refractivity contribution in [3.8, 4) is 0 Å². The van der Waals surface area contributed by atoms with E-state index in [4.69, 9.17) is 0 Å². The molecule has 0 atom stereocenters. The number of H-pyrrole nitrogens is 1. The SMILES string of the molecule is Cc1cccc(CNC(=O)c2[nH]ncc2C)c1. The number of carbonyl (C=O) groups excluding carboxylic acids is 1. The zero-order valence-corrected chi connectivity index (χ0v) is 9.95. The standard InChI is InChI=1S/C13H15N3O/c1-9-4-3-5-11(6-9)8-14-13(17)12-10(2)7-15-16-12/h3-7H,8H2,1-2H3,(H,14,17)(H,15,16). The van der Waals surface area contributed by atoms with Crippen molar-refractivity contribution < 1.29 is 4.79 Å². The van der Waals surface area contributed by atoms with Gasteiger partial charge >= 0.3 is 0 Å². The van der Waals surface area contributed by atoms with E-state index in [-0.39, 0.29) is 5.91 Å². The van der Waals surface area contributed by atoms with Crippen LogP contribution in [0.3, 0.4) is 0 Å². The van der Waals surface area contributed by atoms with E-state index in [9.17, 15) is 4.79 Å². The zero-order chi connectivity index (χ0) is 12.3. The highest BCUT2D eigenvalue weighted by Gasteiger charge is 2.09. The summed E-state index contributed by atoms with van der Waals surface area (Å²) in [6.07, 6.45) is 1.64. The van der Waals surface area contributed by atoms with Gasteiger partial charge in [0.15, 0.2) is 0 Å². The van der Waals surface area contributed by atoms with Gasteiger partial charge in [-0.1, -0.05) is 29.8 Å². The van der Waals surface area contributed by atoms with Crippen LogP contribution in [-0.4, -0.2) is 16.1 Å². The highest BCUT2D eigenvalue weighted by molar-refractivity contribution is 5.93. The second kappa shape index (κ2) is 4.82. The molecule has 4 heteroatoms. The third-order valence-electron chi connectivity index (χ3n) is 2.59. The minimum Gasteiger partial charge on any atom is -0.347 e. The first-order valence-electron chi connectivity index (χ1n) is 5.50. The number of aromatic nitrogens is 2. The second-order valence-electron chi connectivity index (χ2n) is 4.10. The maximum Gasteiger partial charge on any atom is 0.269 e. The van der Waals surface area contributed by atoms with Crippen molar-refractivity contribution in [3.63, 3.8) is 0 Å². The van der Waals surface area contributed by atoms with Gasteiger partial charge in [0.2, 0.25) is 0 Å². The summed E-state index contributed by atoms with van der Waals surface area (Å²) in [4.78, 5) is 11.8. The molecule has 88 valence electrons. The van der Waals surface area contributed by atoms with Crippen molar-refractivity contribution in [1.82, 2.24) is 15.5 Å². The highest BCUT2D eigenvalue weighted by atomic mass is 16.1. The molecule has 1 amide bonds. The van der Waals surface area contributed by atoms with Crippen molar-refractivity contribution in [2.24, 2.45) is 0 Å². The Labute approximate surface area is 100 Å². The van der Waals surface area contributed by atoms with E-state index in [2.05, 4.69) is 21.6 Å². The predicted molar refractivity (Wildman–Crippen MR) is 65.7 cm³/mol. The quantitative estimate of drug-likeness (QED) is 0.845. The van der Waals surface area contributed by atoms with Gasteiger partial charge in [-0.25, -0.2) is 0 Å². The number of benzene rings is 1. The number of nitrogens with one attached hydrogen (secondary N) is 2. The average Bonchev–Trinajstić information content (AvgIpc) is 2.72. The number of carbonyl (C=O) groups is 1. The number of nitrogens with zero attached hydrogens (tertiary/aromatic N) is 1. The summed E-state index contributed by atoms with van der Waals surface area (Å²) in [5.74, 6) is -0.124. The maximum absolute atomic E-state index is 11.8. The average molecular weight is 229 g/mol. The Kier molecular flexibility index (Phi) is 3.23. The first-order valence-corrected chi connectivity index (χ1v) is 5.50. The van der Waals surface area contributed by atoms with Gasteiger partial charge in [0.25, 0.3) is 5.91 Å². The number of aromatic amines is 1. The van der Waals surface area contributed by atoms with Crippen LogP contribution in [0.25, 0.3) is 0 Å². The van der Waals surface area contributed by atoms with Crippen LogP contribution in [0, 0.1) is 13.8 Å². The number of hydrogen-bond acceptors (Lipinski definition) is 2. The Morgan fingerprint density at radius 2 is 2.24 bits per heavy atom. The summed E-state index contributed by atoms with van der Waals surface area (Å²) in [6, 6.07) is 8.07. The number of rotatable bonds is 3. The summed E-state index contributed by atoms with van der Waals surface area (Å²) < 4.78 is 0. The molecule has 0 aliphatic rings. The summed E-state index contributed by atoms with van der Waals surface area (Å²) in [6.45, 7) is 4.41. The molecule has 1 aromatic heterocycles. The van der Waals surface area contributed by atoms with Gasteiger partial charge in [-0.05, 0) is 25.0 Å². The summed E-state index contributed by atoms with van der Waals surface area (Å²) in [5, 5.41) is 9.38. The lowest BCUT2D eigenvalue weighted by Gasteiger charge is -2.05. The van der Waals surface area contributed by atoms with Crippen LogP contribution in [0.5, 0.6) is 0 Å². The van der Waals surface area contributed by atoms with Gasteiger partial charge < -0.3 is 5.32 Å². The molecule has 0 aliphatic heterocycles. The summed E-state index contributed by atoms with van der Waals surface area (Å²) in [5.41, 5.74) is 3.66. The fourth-order valence-electron chi connectivity index (χ4n) is 1.67. The largest absolute Gasteiger partial charge is 0.347 e. The van der Waals surface area contributed by atoms with Gasteiger partial charge in [0, 0.05) is 6.54 Å². The van der Waals surface area contributed by atoms with Gasteiger partial charge in [0.1, 0.15) is 5.69 Å². The molecular formula is C13H15N3O. The van der Waals surface area contributed by atoms with Gasteiger partial charge in [-0.2, -0.15) is 5.10 Å². The van der Waals surface area contributed by atoms with Crippen LogP contribution in [0.4, 0.5) is 0 Å². The molecule has 17 heavy (non-hydrogen) atoms. The smallest absolute Gasteiger partial charge is 0.269 e. The van der Waals surface area contributed by atoms with Crippen LogP contribution in [0.1, 0.15) is 27.2 Å². The molecule has 1 heterocycles. The van der Waals surface area contributed by atoms with Crippen molar-refractivity contribution in [3.05, 3.63) is 52.8 Å². The van der Waals surface area contributed by atoms with E-state index in [1.807, 2.05) is 32.0 Å². The Morgan fingerprint density at radius 1 is 1.41 bits per heavy atom. The Morgan fingerprint density at radius 3 is 2.88 bits per heavy atom. The molecule has 0 saturated heterocycles. The molecule has 0 unspecified atom stereocenters. The Bertz CT molecular complexity index is 531. The van der Waals surface area contributed by atoms with Crippen LogP contribution in [-0.2, 0) is 6.54 Å². The van der Waals surface area contributed by atoms with Gasteiger partial charge in [-0.15, -0.1) is 0 Å².